The predicted octanol–water partition coefficient (Wildman–Crippen LogP) is 3.77. The fourth-order valence-electron chi connectivity index (χ4n) is 5.11. The van der Waals surface area contributed by atoms with E-state index in [-0.39, 0.29) is 10.8 Å². The largest absolute Gasteiger partial charge is 0.399 e. The summed E-state index contributed by atoms with van der Waals surface area (Å²) < 4.78 is 0. The van der Waals surface area contributed by atoms with Crippen LogP contribution in [-0.2, 0) is 10.8 Å². The molecule has 0 saturated heterocycles. The Kier molecular flexibility index (Phi) is 2.41. The zero-order chi connectivity index (χ0) is 17.6. The van der Waals surface area contributed by atoms with E-state index in [1.165, 1.54) is 33.4 Å². The van der Waals surface area contributed by atoms with Gasteiger partial charge in [0.25, 0.3) is 0 Å². The van der Waals surface area contributed by atoms with Crippen LogP contribution in [0.25, 0.3) is 0 Å². The first-order chi connectivity index (χ1) is 11.9. The minimum absolute atomic E-state index is 0.255. The number of nitrogens with two attached hydrogens (primary N) is 3. The average molecular weight is 327 g/mol. The first-order valence-electron chi connectivity index (χ1n) is 8.58. The van der Waals surface area contributed by atoms with E-state index in [1.54, 1.807) is 0 Å². The molecule has 6 N–H and O–H groups in total. The van der Waals surface area contributed by atoms with Gasteiger partial charge in [-0.05, 0) is 83.6 Å². The number of hydrogen-bond acceptors (Lipinski definition) is 3. The molecule has 3 aromatic rings. The quantitative estimate of drug-likeness (QED) is 0.550. The van der Waals surface area contributed by atoms with E-state index in [0.29, 0.717) is 0 Å². The first kappa shape index (κ1) is 14.4. The van der Waals surface area contributed by atoms with E-state index in [2.05, 4.69) is 50.2 Å². The molecule has 3 aliphatic rings. The molecule has 0 saturated carbocycles. The summed E-state index contributed by atoms with van der Waals surface area (Å²) in [5.74, 6) is 0. The highest BCUT2D eigenvalue weighted by Gasteiger charge is 2.54. The zero-order valence-electron chi connectivity index (χ0n) is 14.4. The highest BCUT2D eigenvalue weighted by molar-refractivity contribution is 5.78. The van der Waals surface area contributed by atoms with Gasteiger partial charge in [-0.3, -0.25) is 0 Å². The van der Waals surface area contributed by atoms with Crippen LogP contribution in [-0.4, -0.2) is 0 Å². The topological polar surface area (TPSA) is 78.1 Å². The van der Waals surface area contributed by atoms with Gasteiger partial charge in [0.2, 0.25) is 0 Å². The molecule has 0 fully saturated rings. The average Bonchev–Trinajstić information content (AvgIpc) is 2.58. The van der Waals surface area contributed by atoms with Crippen molar-refractivity contribution in [3.8, 4) is 0 Å². The predicted molar refractivity (Wildman–Crippen MR) is 104 cm³/mol. The van der Waals surface area contributed by atoms with Gasteiger partial charge in [-0.25, -0.2) is 0 Å². The van der Waals surface area contributed by atoms with Crippen LogP contribution < -0.4 is 17.2 Å². The summed E-state index contributed by atoms with van der Waals surface area (Å²) in [6, 6.07) is 18.9. The molecule has 0 heterocycles. The fourth-order valence-corrected chi connectivity index (χ4v) is 5.11. The van der Waals surface area contributed by atoms with Gasteiger partial charge in [0, 0.05) is 27.9 Å². The van der Waals surface area contributed by atoms with Crippen LogP contribution in [0.2, 0.25) is 0 Å². The molecule has 2 bridgehead atoms. The van der Waals surface area contributed by atoms with Crippen LogP contribution in [0.3, 0.4) is 0 Å². The van der Waals surface area contributed by atoms with E-state index >= 15 is 0 Å². The second kappa shape index (κ2) is 4.17. The van der Waals surface area contributed by atoms with Crippen molar-refractivity contribution in [2.75, 3.05) is 17.2 Å². The molecular weight excluding hydrogens is 306 g/mol. The molecule has 3 aliphatic carbocycles. The normalized spacial score (nSPS) is 25.2. The van der Waals surface area contributed by atoms with E-state index < -0.39 is 0 Å². The summed E-state index contributed by atoms with van der Waals surface area (Å²) in [7, 11) is 0. The van der Waals surface area contributed by atoms with E-state index in [0.717, 1.165) is 17.1 Å². The lowest BCUT2D eigenvalue weighted by atomic mass is 9.48. The summed E-state index contributed by atoms with van der Waals surface area (Å²) in [5.41, 5.74) is 28.1. The Morgan fingerprint density at radius 3 is 1.08 bits per heavy atom. The van der Waals surface area contributed by atoms with Crippen LogP contribution in [0, 0.1) is 0 Å². The number of hydrogen-bond donors (Lipinski definition) is 3. The maximum Gasteiger partial charge on any atom is 0.0434 e. The molecule has 0 atom stereocenters. The Morgan fingerprint density at radius 1 is 0.480 bits per heavy atom. The van der Waals surface area contributed by atoms with Crippen molar-refractivity contribution in [1.82, 2.24) is 0 Å². The molecule has 3 aromatic carbocycles. The number of rotatable bonds is 0. The van der Waals surface area contributed by atoms with Gasteiger partial charge in [0.15, 0.2) is 0 Å². The van der Waals surface area contributed by atoms with Gasteiger partial charge in [-0.1, -0.05) is 18.2 Å². The van der Waals surface area contributed by atoms with Crippen molar-refractivity contribution in [2.24, 2.45) is 0 Å². The summed E-state index contributed by atoms with van der Waals surface area (Å²) in [4.78, 5) is 0. The maximum atomic E-state index is 6.16. The third-order valence-corrected chi connectivity index (χ3v) is 6.36. The fraction of sp³-hybridized carbons (Fsp3) is 0.182. The second-order valence-electron chi connectivity index (χ2n) is 7.67. The van der Waals surface area contributed by atoms with Crippen LogP contribution in [0.4, 0.5) is 17.1 Å². The highest BCUT2D eigenvalue weighted by atomic mass is 14.6. The Labute approximate surface area is 147 Å². The first-order valence-corrected chi connectivity index (χ1v) is 8.58. The smallest absolute Gasteiger partial charge is 0.0434 e. The molecule has 124 valence electrons. The van der Waals surface area contributed by atoms with Crippen LogP contribution in [0.1, 0.15) is 47.2 Å². The molecular formula is C22H21N3. The molecule has 0 aromatic heterocycles. The van der Waals surface area contributed by atoms with Crippen molar-refractivity contribution in [2.45, 2.75) is 24.7 Å². The third-order valence-electron chi connectivity index (χ3n) is 6.36. The Morgan fingerprint density at radius 2 is 0.760 bits per heavy atom. The van der Waals surface area contributed by atoms with E-state index in [4.69, 9.17) is 17.2 Å². The lowest BCUT2D eigenvalue weighted by Crippen LogP contribution is -2.48. The Bertz CT molecular complexity index is 1010. The highest BCUT2D eigenvalue weighted by Crippen LogP contribution is 2.62. The van der Waals surface area contributed by atoms with Crippen LogP contribution in [0.15, 0.2) is 54.6 Å². The zero-order valence-corrected chi connectivity index (χ0v) is 14.4. The number of benzene rings is 3. The Balaban J connectivity index is 2.02. The van der Waals surface area contributed by atoms with Gasteiger partial charge < -0.3 is 17.2 Å². The molecule has 3 heteroatoms. The van der Waals surface area contributed by atoms with Gasteiger partial charge >= 0.3 is 0 Å². The van der Waals surface area contributed by atoms with Crippen molar-refractivity contribution in [3.63, 3.8) is 0 Å². The van der Waals surface area contributed by atoms with Crippen molar-refractivity contribution in [1.29, 1.82) is 0 Å². The monoisotopic (exact) mass is 327 g/mol. The van der Waals surface area contributed by atoms with Crippen molar-refractivity contribution in [3.05, 3.63) is 88.0 Å². The second-order valence-corrected chi connectivity index (χ2v) is 7.67. The molecule has 0 aliphatic heterocycles. The van der Waals surface area contributed by atoms with Crippen molar-refractivity contribution >= 4 is 17.1 Å². The van der Waals surface area contributed by atoms with Crippen molar-refractivity contribution < 1.29 is 0 Å². The summed E-state index contributed by atoms with van der Waals surface area (Å²) in [6.07, 6.45) is 0. The maximum absolute atomic E-state index is 6.16. The van der Waals surface area contributed by atoms with Gasteiger partial charge in [0.1, 0.15) is 0 Å². The number of anilines is 3. The lowest BCUT2D eigenvalue weighted by molar-refractivity contribution is 0.512. The van der Waals surface area contributed by atoms with Gasteiger partial charge in [-0.2, -0.15) is 0 Å². The number of nitrogen functional groups attached to an aromatic ring is 3. The third kappa shape index (κ3) is 1.47. The standard InChI is InChI=1S/C22H21N3/c1-21-15-6-3-13(24)10-19(15)22(2,17-8-5-12(23)9-18(17)21)20-11-14(25)4-7-16(20)21/h3-11H,23-25H2,1-2H3. The molecule has 6 rings (SSSR count). The molecule has 0 amide bonds. The minimum Gasteiger partial charge on any atom is -0.399 e. The summed E-state index contributed by atoms with van der Waals surface area (Å²) >= 11 is 0. The van der Waals surface area contributed by atoms with Gasteiger partial charge in [-0.15, -0.1) is 0 Å². The van der Waals surface area contributed by atoms with E-state index in [1.807, 2.05) is 18.2 Å². The van der Waals surface area contributed by atoms with Crippen LogP contribution >= 0.6 is 0 Å². The Hall–Kier alpha value is -2.94. The summed E-state index contributed by atoms with van der Waals surface area (Å²) in [5, 5.41) is 0. The van der Waals surface area contributed by atoms with E-state index in [9.17, 15) is 0 Å². The summed E-state index contributed by atoms with van der Waals surface area (Å²) in [6.45, 7) is 4.56. The minimum atomic E-state index is -0.282. The SMILES string of the molecule is CC12c3ccc(N)cc3C(C)(c3ccc(N)cc31)c1cc(N)ccc12. The van der Waals surface area contributed by atoms with Gasteiger partial charge in [0.05, 0.1) is 0 Å². The molecule has 0 spiro atoms. The molecule has 0 unspecified atom stereocenters. The molecule has 3 nitrogen and oxygen atoms in total. The lowest BCUT2D eigenvalue weighted by Gasteiger charge is -2.54. The molecule has 0 radical (unpaired) electrons. The van der Waals surface area contributed by atoms with Crippen LogP contribution in [0.5, 0.6) is 0 Å². The molecule has 25 heavy (non-hydrogen) atoms.